The van der Waals surface area contributed by atoms with Gasteiger partial charge in [0, 0.05) is 21.3 Å². The van der Waals surface area contributed by atoms with Crippen molar-refractivity contribution in [1.82, 2.24) is 4.98 Å². The number of nitrogens with zero attached hydrogens (tertiary/aromatic N) is 1. The van der Waals surface area contributed by atoms with Gasteiger partial charge >= 0.3 is 0 Å². The summed E-state index contributed by atoms with van der Waals surface area (Å²) in [5.41, 5.74) is 3.94. The first-order valence-corrected chi connectivity index (χ1v) is 11.6. The number of thiophene rings is 1. The molecule has 1 amide bonds. The number of hydrogen-bond acceptors (Lipinski definition) is 5. The van der Waals surface area contributed by atoms with Gasteiger partial charge in [-0.25, -0.2) is 4.98 Å². The molecular formula is C24H17ClN2O2S2. The molecule has 0 saturated carbocycles. The predicted octanol–water partition coefficient (Wildman–Crippen LogP) is 7.40. The maximum atomic E-state index is 12.8. The molecular weight excluding hydrogens is 448 g/mol. The second kappa shape index (κ2) is 7.96. The number of aryl methyl sites for hydroxylation is 1. The highest BCUT2D eigenvalue weighted by Crippen LogP contribution is 2.38. The van der Waals surface area contributed by atoms with E-state index in [4.69, 9.17) is 21.3 Å². The quantitative estimate of drug-likeness (QED) is 0.301. The Morgan fingerprint density at radius 3 is 2.58 bits per heavy atom. The summed E-state index contributed by atoms with van der Waals surface area (Å²) in [6.45, 7) is 2.08. The van der Waals surface area contributed by atoms with Crippen LogP contribution in [0.4, 0.5) is 5.69 Å². The highest BCUT2D eigenvalue weighted by Gasteiger charge is 2.18. The first-order chi connectivity index (χ1) is 15.0. The summed E-state index contributed by atoms with van der Waals surface area (Å²) in [5.74, 6) is 0.480. The normalized spacial score (nSPS) is 11.2. The highest BCUT2D eigenvalue weighted by atomic mass is 35.5. The third kappa shape index (κ3) is 3.78. The summed E-state index contributed by atoms with van der Waals surface area (Å²) in [6.07, 6.45) is 0. The zero-order chi connectivity index (χ0) is 21.5. The molecule has 0 bridgehead atoms. The first kappa shape index (κ1) is 20.0. The molecule has 7 heteroatoms. The number of anilines is 1. The molecule has 0 aliphatic carbocycles. The van der Waals surface area contributed by atoms with Crippen molar-refractivity contribution in [2.45, 2.75) is 6.92 Å². The van der Waals surface area contributed by atoms with Gasteiger partial charge in [0.15, 0.2) is 0 Å². The molecule has 0 atom stereocenters. The minimum Gasteiger partial charge on any atom is -0.497 e. The topological polar surface area (TPSA) is 51.2 Å². The van der Waals surface area contributed by atoms with Crippen LogP contribution in [0.15, 0.2) is 60.7 Å². The lowest BCUT2D eigenvalue weighted by Gasteiger charge is -2.05. The molecule has 31 heavy (non-hydrogen) atoms. The Morgan fingerprint density at radius 1 is 1.00 bits per heavy atom. The van der Waals surface area contributed by atoms with E-state index < -0.39 is 0 Å². The van der Waals surface area contributed by atoms with Crippen molar-refractivity contribution >= 4 is 66.2 Å². The lowest BCUT2D eigenvalue weighted by molar-refractivity contribution is 0.103. The summed E-state index contributed by atoms with van der Waals surface area (Å²) in [5, 5.41) is 5.16. The van der Waals surface area contributed by atoms with Crippen LogP contribution in [-0.4, -0.2) is 18.0 Å². The molecule has 154 valence electrons. The molecule has 0 radical (unpaired) electrons. The number of ether oxygens (including phenoxy) is 1. The Hall–Kier alpha value is -2.93. The summed E-state index contributed by atoms with van der Waals surface area (Å²) in [4.78, 5) is 18.0. The molecule has 1 N–H and O–H groups in total. The van der Waals surface area contributed by atoms with E-state index in [2.05, 4.69) is 24.4 Å². The van der Waals surface area contributed by atoms with Gasteiger partial charge in [-0.3, -0.25) is 4.79 Å². The SMILES string of the molecule is COc1ccc2sc(C(=O)Nc3ccc(-c4nc5ccc(C)cc5s4)cc3)c(Cl)c2c1. The molecule has 0 unspecified atom stereocenters. The van der Waals surface area contributed by atoms with Crippen LogP contribution in [0.2, 0.25) is 5.02 Å². The number of benzene rings is 3. The largest absolute Gasteiger partial charge is 0.497 e. The lowest BCUT2D eigenvalue weighted by Crippen LogP contribution is -2.10. The van der Waals surface area contributed by atoms with Crippen LogP contribution >= 0.6 is 34.3 Å². The Balaban J connectivity index is 1.38. The molecule has 0 aliphatic rings. The van der Waals surface area contributed by atoms with Gasteiger partial charge in [-0.15, -0.1) is 22.7 Å². The van der Waals surface area contributed by atoms with Crippen molar-refractivity contribution in [1.29, 1.82) is 0 Å². The van der Waals surface area contributed by atoms with E-state index >= 15 is 0 Å². The van der Waals surface area contributed by atoms with Crippen molar-refractivity contribution in [2.75, 3.05) is 12.4 Å². The van der Waals surface area contributed by atoms with Gasteiger partial charge < -0.3 is 10.1 Å². The number of fused-ring (bicyclic) bond motifs is 2. The van der Waals surface area contributed by atoms with Gasteiger partial charge in [-0.1, -0.05) is 17.7 Å². The average Bonchev–Trinajstić information content (AvgIpc) is 3.34. The number of aromatic nitrogens is 1. The van der Waals surface area contributed by atoms with Crippen molar-refractivity contribution in [2.24, 2.45) is 0 Å². The molecule has 0 fully saturated rings. The van der Waals surface area contributed by atoms with Gasteiger partial charge in [-0.05, 0) is 67.1 Å². The van der Waals surface area contributed by atoms with Gasteiger partial charge in [0.1, 0.15) is 15.6 Å². The van der Waals surface area contributed by atoms with Gasteiger partial charge in [0.2, 0.25) is 0 Å². The standard InChI is InChI=1S/C24H17ClN2O2S2/c1-13-3-9-18-20(11-13)31-24(27-18)14-4-6-15(7-5-14)26-23(28)22-21(25)17-12-16(29-2)8-10-19(17)30-22/h3-12H,1-2H3,(H,26,28). The van der Waals surface area contributed by atoms with E-state index in [0.717, 1.165) is 26.2 Å². The Kier molecular flexibility index (Phi) is 5.14. The first-order valence-electron chi connectivity index (χ1n) is 9.57. The van der Waals surface area contributed by atoms with E-state index in [0.29, 0.717) is 21.3 Å². The third-order valence-corrected chi connectivity index (χ3v) is 7.72. The number of methoxy groups -OCH3 is 1. The Morgan fingerprint density at radius 2 is 1.81 bits per heavy atom. The second-order valence-electron chi connectivity index (χ2n) is 7.13. The zero-order valence-electron chi connectivity index (χ0n) is 16.7. The monoisotopic (exact) mass is 464 g/mol. The van der Waals surface area contributed by atoms with E-state index in [9.17, 15) is 4.79 Å². The van der Waals surface area contributed by atoms with E-state index in [-0.39, 0.29) is 5.91 Å². The average molecular weight is 465 g/mol. The lowest BCUT2D eigenvalue weighted by atomic mass is 10.2. The zero-order valence-corrected chi connectivity index (χ0v) is 19.1. The number of carbonyl (C=O) groups excluding carboxylic acids is 1. The number of carbonyl (C=O) groups is 1. The number of thiazole rings is 1. The molecule has 2 heterocycles. The summed E-state index contributed by atoms with van der Waals surface area (Å²) in [7, 11) is 1.61. The molecule has 4 nitrogen and oxygen atoms in total. The minimum absolute atomic E-state index is 0.228. The van der Waals surface area contributed by atoms with Crippen molar-refractivity contribution in [3.05, 3.63) is 76.1 Å². The van der Waals surface area contributed by atoms with Crippen LogP contribution in [0, 0.1) is 6.92 Å². The molecule has 0 spiro atoms. The summed E-state index contributed by atoms with van der Waals surface area (Å²) < 4.78 is 7.37. The van der Waals surface area contributed by atoms with E-state index in [1.54, 1.807) is 18.4 Å². The number of rotatable bonds is 4. The van der Waals surface area contributed by atoms with Crippen molar-refractivity contribution in [3.63, 3.8) is 0 Å². The van der Waals surface area contributed by atoms with Crippen LogP contribution in [0.1, 0.15) is 15.2 Å². The van der Waals surface area contributed by atoms with E-state index in [1.807, 2.05) is 48.5 Å². The van der Waals surface area contributed by atoms with E-state index in [1.165, 1.54) is 21.6 Å². The predicted molar refractivity (Wildman–Crippen MR) is 131 cm³/mol. The molecule has 5 aromatic rings. The fourth-order valence-corrected chi connectivity index (χ4v) is 5.81. The minimum atomic E-state index is -0.228. The number of halogens is 1. The third-order valence-electron chi connectivity index (χ3n) is 4.97. The van der Waals surface area contributed by atoms with Crippen LogP contribution in [0.5, 0.6) is 5.75 Å². The van der Waals surface area contributed by atoms with Crippen molar-refractivity contribution in [3.8, 4) is 16.3 Å². The Labute approximate surface area is 192 Å². The van der Waals surface area contributed by atoms with Crippen molar-refractivity contribution < 1.29 is 9.53 Å². The summed E-state index contributed by atoms with van der Waals surface area (Å²) in [6, 6.07) is 19.6. The van der Waals surface area contributed by atoms with Crippen LogP contribution in [0.25, 0.3) is 30.9 Å². The van der Waals surface area contributed by atoms with Gasteiger partial charge in [-0.2, -0.15) is 0 Å². The summed E-state index contributed by atoms with van der Waals surface area (Å²) >= 11 is 9.52. The van der Waals surface area contributed by atoms with Gasteiger partial charge in [0.05, 0.1) is 22.3 Å². The molecule has 0 aliphatic heterocycles. The highest BCUT2D eigenvalue weighted by molar-refractivity contribution is 7.22. The fraction of sp³-hybridized carbons (Fsp3) is 0.0833. The van der Waals surface area contributed by atoms with Crippen LogP contribution in [0.3, 0.4) is 0 Å². The molecule has 2 aromatic heterocycles. The number of nitrogens with one attached hydrogen (secondary N) is 1. The van der Waals surface area contributed by atoms with Crippen LogP contribution in [-0.2, 0) is 0 Å². The van der Waals surface area contributed by atoms with Gasteiger partial charge in [0.25, 0.3) is 5.91 Å². The maximum Gasteiger partial charge on any atom is 0.267 e. The smallest absolute Gasteiger partial charge is 0.267 e. The Bertz CT molecular complexity index is 1440. The molecule has 3 aromatic carbocycles. The fourth-order valence-electron chi connectivity index (χ4n) is 3.36. The molecule has 0 saturated heterocycles. The maximum absolute atomic E-state index is 12.8. The number of hydrogen-bond donors (Lipinski definition) is 1. The van der Waals surface area contributed by atoms with Crippen LogP contribution < -0.4 is 10.1 Å². The second-order valence-corrected chi connectivity index (χ2v) is 9.59. The molecule has 5 rings (SSSR count). The number of amides is 1.